The second kappa shape index (κ2) is 4.80. The third kappa shape index (κ3) is 3.14. The van der Waals surface area contributed by atoms with Gasteiger partial charge >= 0.3 is 0 Å². The van der Waals surface area contributed by atoms with Crippen LogP contribution in [0.2, 0.25) is 0 Å². The quantitative estimate of drug-likeness (QED) is 0.715. The minimum atomic E-state index is -0.330. The molecule has 0 aliphatic heterocycles. The maximum atomic E-state index is 6.14. The van der Waals surface area contributed by atoms with Gasteiger partial charge < -0.3 is 11.5 Å². The number of nitrogens with two attached hydrogens (primary N) is 2. The summed E-state index contributed by atoms with van der Waals surface area (Å²) in [5.41, 5.74) is 11.7. The summed E-state index contributed by atoms with van der Waals surface area (Å²) in [6, 6.07) is -0.0371. The van der Waals surface area contributed by atoms with Gasteiger partial charge in [0.2, 0.25) is 0 Å². The molecule has 2 nitrogen and oxygen atoms in total. The van der Waals surface area contributed by atoms with E-state index in [2.05, 4.69) is 13.8 Å². The summed E-state index contributed by atoms with van der Waals surface area (Å²) in [6.45, 7) is 4.32. The third-order valence-electron chi connectivity index (χ3n) is 2.22. The average molecular weight is 203 g/mol. The number of allylic oxidation sites excluding steroid dienone is 2. The van der Waals surface area contributed by atoms with E-state index < -0.39 is 0 Å². The summed E-state index contributed by atoms with van der Waals surface area (Å²) < 4.78 is 0. The van der Waals surface area contributed by atoms with Gasteiger partial charge in [-0.25, -0.2) is 0 Å². The fraction of sp³-hybridized carbons (Fsp3) is 0.600. The van der Waals surface area contributed by atoms with E-state index in [1.807, 2.05) is 24.3 Å². The van der Waals surface area contributed by atoms with E-state index in [1.54, 1.807) is 0 Å². The first-order valence-electron chi connectivity index (χ1n) is 4.45. The molecule has 0 fully saturated rings. The fourth-order valence-corrected chi connectivity index (χ4v) is 1.62. The van der Waals surface area contributed by atoms with Gasteiger partial charge in [0.05, 0.1) is 5.54 Å². The van der Waals surface area contributed by atoms with Crippen molar-refractivity contribution in [2.24, 2.45) is 17.4 Å². The highest BCUT2D eigenvalue weighted by Crippen LogP contribution is 2.22. The Hall–Kier alpha value is -0.310. The van der Waals surface area contributed by atoms with Crippen molar-refractivity contribution >= 4 is 12.4 Å². The van der Waals surface area contributed by atoms with Gasteiger partial charge in [-0.2, -0.15) is 0 Å². The Morgan fingerprint density at radius 2 is 2.00 bits per heavy atom. The maximum Gasteiger partial charge on any atom is 0.0534 e. The van der Waals surface area contributed by atoms with Crippen LogP contribution in [0.1, 0.15) is 20.3 Å². The Bertz CT molecular complexity index is 211. The predicted molar refractivity (Wildman–Crippen MR) is 59.9 cm³/mol. The number of hydrogen-bond donors (Lipinski definition) is 2. The Morgan fingerprint density at radius 1 is 1.38 bits per heavy atom. The van der Waals surface area contributed by atoms with Gasteiger partial charge in [-0.15, -0.1) is 12.4 Å². The molecule has 0 spiro atoms. The minimum absolute atomic E-state index is 0. The van der Waals surface area contributed by atoms with Crippen LogP contribution in [0, 0.1) is 5.92 Å². The average Bonchev–Trinajstić information content (AvgIpc) is 1.94. The van der Waals surface area contributed by atoms with Crippen LogP contribution in [0.5, 0.6) is 0 Å². The first-order valence-corrected chi connectivity index (χ1v) is 4.45. The zero-order valence-corrected chi connectivity index (χ0v) is 9.05. The number of halogens is 1. The number of rotatable bonds is 2. The van der Waals surface area contributed by atoms with Gasteiger partial charge in [0.1, 0.15) is 0 Å². The highest BCUT2D eigenvalue weighted by molar-refractivity contribution is 5.85. The highest BCUT2D eigenvalue weighted by atomic mass is 35.5. The number of hydrogen-bond acceptors (Lipinski definition) is 2. The van der Waals surface area contributed by atoms with Gasteiger partial charge in [0.25, 0.3) is 0 Å². The first-order chi connectivity index (χ1) is 5.54. The van der Waals surface area contributed by atoms with Crippen molar-refractivity contribution in [3.63, 3.8) is 0 Å². The van der Waals surface area contributed by atoms with Crippen molar-refractivity contribution in [1.29, 1.82) is 0 Å². The van der Waals surface area contributed by atoms with E-state index in [0.717, 1.165) is 6.42 Å². The molecule has 4 N–H and O–H groups in total. The molecule has 3 heteroatoms. The molecule has 0 radical (unpaired) electrons. The zero-order chi connectivity index (χ0) is 9.19. The maximum absolute atomic E-state index is 6.14. The molecule has 2 unspecified atom stereocenters. The normalized spacial score (nSPS) is 31.9. The van der Waals surface area contributed by atoms with Gasteiger partial charge in [-0.05, 0) is 12.3 Å². The second-order valence-electron chi connectivity index (χ2n) is 3.98. The van der Waals surface area contributed by atoms with Crippen LogP contribution >= 0.6 is 12.4 Å². The lowest BCUT2D eigenvalue weighted by atomic mass is 9.81. The molecule has 0 amide bonds. The summed E-state index contributed by atoms with van der Waals surface area (Å²) in [5, 5.41) is 0. The predicted octanol–water partition coefficient (Wildman–Crippen LogP) is 1.61. The molecule has 1 aliphatic carbocycles. The van der Waals surface area contributed by atoms with Crippen LogP contribution < -0.4 is 11.5 Å². The molecule has 2 atom stereocenters. The van der Waals surface area contributed by atoms with Crippen molar-refractivity contribution in [2.45, 2.75) is 31.8 Å². The largest absolute Gasteiger partial charge is 0.323 e. The first kappa shape index (κ1) is 12.7. The van der Waals surface area contributed by atoms with Crippen molar-refractivity contribution in [1.82, 2.24) is 0 Å². The van der Waals surface area contributed by atoms with E-state index >= 15 is 0 Å². The molecule has 13 heavy (non-hydrogen) atoms. The molecule has 1 aliphatic rings. The van der Waals surface area contributed by atoms with Gasteiger partial charge in [-0.1, -0.05) is 38.2 Å². The Morgan fingerprint density at radius 3 is 2.46 bits per heavy atom. The molecule has 0 saturated carbocycles. The summed E-state index contributed by atoms with van der Waals surface area (Å²) in [7, 11) is 0. The molecular weight excluding hydrogens is 184 g/mol. The summed E-state index contributed by atoms with van der Waals surface area (Å²) in [4.78, 5) is 0. The van der Waals surface area contributed by atoms with Gasteiger partial charge in [0, 0.05) is 6.04 Å². The van der Waals surface area contributed by atoms with Crippen LogP contribution in [0.15, 0.2) is 24.3 Å². The molecule has 0 heterocycles. The zero-order valence-electron chi connectivity index (χ0n) is 8.23. The van der Waals surface area contributed by atoms with E-state index in [1.165, 1.54) is 0 Å². The van der Waals surface area contributed by atoms with Crippen molar-refractivity contribution in [3.05, 3.63) is 24.3 Å². The van der Waals surface area contributed by atoms with E-state index in [4.69, 9.17) is 11.5 Å². The summed E-state index contributed by atoms with van der Waals surface area (Å²) in [6.07, 6.45) is 8.84. The van der Waals surface area contributed by atoms with Gasteiger partial charge in [-0.3, -0.25) is 0 Å². The molecule has 0 bridgehead atoms. The molecule has 0 aromatic rings. The highest BCUT2D eigenvalue weighted by Gasteiger charge is 2.29. The summed E-state index contributed by atoms with van der Waals surface area (Å²) >= 11 is 0. The molecular formula is C10H19ClN2. The smallest absolute Gasteiger partial charge is 0.0534 e. The summed E-state index contributed by atoms with van der Waals surface area (Å²) in [5.74, 6) is 0.581. The Kier molecular flexibility index (Phi) is 4.68. The molecule has 1 rings (SSSR count). The van der Waals surface area contributed by atoms with E-state index in [-0.39, 0.29) is 24.0 Å². The SMILES string of the molecule is CC(C)CC1(N)C=CC=CC1N.Cl. The van der Waals surface area contributed by atoms with Crippen LogP contribution in [-0.4, -0.2) is 11.6 Å². The van der Waals surface area contributed by atoms with Crippen LogP contribution in [0.3, 0.4) is 0 Å². The van der Waals surface area contributed by atoms with Crippen LogP contribution in [0.25, 0.3) is 0 Å². The van der Waals surface area contributed by atoms with Gasteiger partial charge in [0.15, 0.2) is 0 Å². The Balaban J connectivity index is 0.00000144. The Labute approximate surface area is 86.5 Å². The lowest BCUT2D eigenvalue weighted by molar-refractivity contribution is 0.376. The van der Waals surface area contributed by atoms with Crippen molar-refractivity contribution < 1.29 is 0 Å². The topological polar surface area (TPSA) is 52.0 Å². The van der Waals surface area contributed by atoms with E-state index in [9.17, 15) is 0 Å². The monoisotopic (exact) mass is 202 g/mol. The second-order valence-corrected chi connectivity index (χ2v) is 3.98. The molecule has 0 aromatic heterocycles. The minimum Gasteiger partial charge on any atom is -0.323 e. The molecule has 0 aromatic carbocycles. The molecule has 0 saturated heterocycles. The van der Waals surface area contributed by atoms with Crippen molar-refractivity contribution in [3.8, 4) is 0 Å². The lowest BCUT2D eigenvalue weighted by Crippen LogP contribution is -2.54. The van der Waals surface area contributed by atoms with Crippen molar-refractivity contribution in [2.75, 3.05) is 0 Å². The fourth-order valence-electron chi connectivity index (χ4n) is 1.62. The van der Waals surface area contributed by atoms with Crippen LogP contribution in [-0.2, 0) is 0 Å². The third-order valence-corrected chi connectivity index (χ3v) is 2.22. The molecule has 76 valence electrons. The van der Waals surface area contributed by atoms with E-state index in [0.29, 0.717) is 5.92 Å². The van der Waals surface area contributed by atoms with Crippen LogP contribution in [0.4, 0.5) is 0 Å². The lowest BCUT2D eigenvalue weighted by Gasteiger charge is -2.34. The standard InChI is InChI=1S/C10H18N2.ClH/c1-8(2)7-10(12)6-4-3-5-9(10)11;/h3-6,8-9H,7,11-12H2,1-2H3;1H.